The van der Waals surface area contributed by atoms with Crippen LogP contribution in [0, 0.1) is 6.92 Å². The molecule has 5 nitrogen and oxygen atoms in total. The standard InChI is InChI=1S/C25H19ClN4O/c1-15-6-8-17(9-7-15)24-21-22(19-4-2-3-5-20(19)31-24)29-25-27-14-28-30(25)23(21)16-10-12-18(26)13-11-16/h2-14,23-24H,1H3,(H,27,28,29). The maximum atomic E-state index is 6.61. The number of anilines is 1. The number of para-hydroxylation sites is 1. The summed E-state index contributed by atoms with van der Waals surface area (Å²) in [7, 11) is 0. The van der Waals surface area contributed by atoms with E-state index in [-0.39, 0.29) is 12.1 Å². The van der Waals surface area contributed by atoms with Gasteiger partial charge < -0.3 is 10.1 Å². The third-order valence-electron chi connectivity index (χ3n) is 5.89. The summed E-state index contributed by atoms with van der Waals surface area (Å²) in [5.41, 5.74) is 6.52. The highest BCUT2D eigenvalue weighted by atomic mass is 35.5. The van der Waals surface area contributed by atoms with Crippen LogP contribution < -0.4 is 10.1 Å². The van der Waals surface area contributed by atoms with Gasteiger partial charge in [-0.05, 0) is 42.3 Å². The fourth-order valence-electron chi connectivity index (χ4n) is 4.40. The zero-order chi connectivity index (χ0) is 20.9. The van der Waals surface area contributed by atoms with Crippen molar-refractivity contribution in [1.82, 2.24) is 14.8 Å². The second kappa shape index (κ2) is 7.00. The number of aryl methyl sites for hydroxylation is 1. The van der Waals surface area contributed by atoms with Crippen molar-refractivity contribution in [2.24, 2.45) is 0 Å². The topological polar surface area (TPSA) is 52.0 Å². The Kier molecular flexibility index (Phi) is 4.11. The van der Waals surface area contributed by atoms with E-state index in [2.05, 4.69) is 52.7 Å². The van der Waals surface area contributed by atoms with Crippen molar-refractivity contribution in [2.75, 3.05) is 5.32 Å². The molecule has 152 valence electrons. The molecule has 31 heavy (non-hydrogen) atoms. The molecular weight excluding hydrogens is 408 g/mol. The monoisotopic (exact) mass is 426 g/mol. The number of nitrogens with zero attached hydrogens (tertiary/aromatic N) is 3. The highest BCUT2D eigenvalue weighted by molar-refractivity contribution is 6.30. The van der Waals surface area contributed by atoms with E-state index >= 15 is 0 Å². The first kappa shape index (κ1) is 18.2. The lowest BCUT2D eigenvalue weighted by molar-refractivity contribution is 0.223. The smallest absolute Gasteiger partial charge is 0.226 e. The number of rotatable bonds is 2. The molecule has 0 radical (unpaired) electrons. The summed E-state index contributed by atoms with van der Waals surface area (Å²) in [6.45, 7) is 2.09. The van der Waals surface area contributed by atoms with E-state index < -0.39 is 0 Å². The molecule has 0 saturated carbocycles. The van der Waals surface area contributed by atoms with Crippen LogP contribution in [0.2, 0.25) is 5.02 Å². The highest BCUT2D eigenvalue weighted by Crippen LogP contribution is 2.50. The van der Waals surface area contributed by atoms with Crippen molar-refractivity contribution in [3.05, 3.63) is 112 Å². The molecule has 0 spiro atoms. The third-order valence-corrected chi connectivity index (χ3v) is 6.14. The minimum atomic E-state index is -0.268. The second-order valence-electron chi connectivity index (χ2n) is 7.84. The van der Waals surface area contributed by atoms with Crippen LogP contribution in [0.4, 0.5) is 5.95 Å². The van der Waals surface area contributed by atoms with Gasteiger partial charge in [0.05, 0.1) is 5.70 Å². The molecule has 1 N–H and O–H groups in total. The summed E-state index contributed by atoms with van der Waals surface area (Å²) < 4.78 is 8.53. The minimum Gasteiger partial charge on any atom is -0.480 e. The zero-order valence-corrected chi connectivity index (χ0v) is 17.5. The minimum absolute atomic E-state index is 0.175. The first-order valence-electron chi connectivity index (χ1n) is 10.2. The van der Waals surface area contributed by atoms with Gasteiger partial charge in [-0.15, -0.1) is 0 Å². The number of hydrogen-bond donors (Lipinski definition) is 1. The number of nitrogens with one attached hydrogen (secondary N) is 1. The number of fused-ring (bicyclic) bond motifs is 3. The molecule has 2 aliphatic heterocycles. The van der Waals surface area contributed by atoms with Gasteiger partial charge in [0.25, 0.3) is 0 Å². The van der Waals surface area contributed by atoms with Gasteiger partial charge in [0.15, 0.2) is 0 Å². The van der Waals surface area contributed by atoms with Crippen molar-refractivity contribution in [1.29, 1.82) is 0 Å². The van der Waals surface area contributed by atoms with Gasteiger partial charge in [-0.3, -0.25) is 0 Å². The average molecular weight is 427 g/mol. The predicted molar refractivity (Wildman–Crippen MR) is 121 cm³/mol. The maximum Gasteiger partial charge on any atom is 0.226 e. The number of ether oxygens (including phenoxy) is 1. The number of aromatic nitrogens is 3. The Hall–Kier alpha value is -3.57. The maximum absolute atomic E-state index is 6.61. The van der Waals surface area contributed by atoms with Gasteiger partial charge in [-0.1, -0.05) is 65.7 Å². The molecule has 6 rings (SSSR count). The molecule has 0 aliphatic carbocycles. The van der Waals surface area contributed by atoms with E-state index in [1.165, 1.54) is 5.56 Å². The fourth-order valence-corrected chi connectivity index (χ4v) is 4.53. The molecule has 0 amide bonds. The van der Waals surface area contributed by atoms with Gasteiger partial charge >= 0.3 is 0 Å². The Bertz CT molecular complexity index is 1310. The van der Waals surface area contributed by atoms with Crippen molar-refractivity contribution in [2.45, 2.75) is 19.1 Å². The van der Waals surface area contributed by atoms with Crippen molar-refractivity contribution < 1.29 is 4.74 Å². The lowest BCUT2D eigenvalue weighted by Gasteiger charge is -2.39. The second-order valence-corrected chi connectivity index (χ2v) is 8.28. The highest BCUT2D eigenvalue weighted by Gasteiger charge is 2.40. The largest absolute Gasteiger partial charge is 0.480 e. The SMILES string of the molecule is Cc1ccc(C2Oc3ccccc3C3=C2C(c2ccc(Cl)cc2)n2ncnc2N3)cc1. The van der Waals surface area contributed by atoms with E-state index in [9.17, 15) is 0 Å². The van der Waals surface area contributed by atoms with Crippen LogP contribution in [0.1, 0.15) is 34.4 Å². The molecule has 0 saturated heterocycles. The molecule has 2 atom stereocenters. The normalized spacial score (nSPS) is 19.0. The Balaban J connectivity index is 1.62. The van der Waals surface area contributed by atoms with Gasteiger partial charge in [-0.25, -0.2) is 4.68 Å². The molecule has 4 aromatic rings. The van der Waals surface area contributed by atoms with Crippen LogP contribution >= 0.6 is 11.6 Å². The third kappa shape index (κ3) is 2.93. The Labute approximate surface area is 185 Å². The summed E-state index contributed by atoms with van der Waals surface area (Å²) in [5, 5.41) is 8.77. The van der Waals surface area contributed by atoms with Crippen LogP contribution in [0.3, 0.4) is 0 Å². The lowest BCUT2D eigenvalue weighted by Crippen LogP contribution is -2.32. The molecule has 2 aliphatic rings. The van der Waals surface area contributed by atoms with E-state index in [4.69, 9.17) is 16.3 Å². The average Bonchev–Trinajstić information content (AvgIpc) is 3.27. The molecule has 0 bridgehead atoms. The number of benzene rings is 3. The van der Waals surface area contributed by atoms with Gasteiger partial charge in [0.2, 0.25) is 5.95 Å². The molecule has 2 unspecified atom stereocenters. The lowest BCUT2D eigenvalue weighted by atomic mass is 9.84. The van der Waals surface area contributed by atoms with Crippen molar-refractivity contribution in [3.63, 3.8) is 0 Å². The van der Waals surface area contributed by atoms with Gasteiger partial charge in [0.1, 0.15) is 24.2 Å². The summed E-state index contributed by atoms with van der Waals surface area (Å²) in [5.74, 6) is 1.56. The van der Waals surface area contributed by atoms with Gasteiger partial charge in [0, 0.05) is 16.2 Å². The van der Waals surface area contributed by atoms with E-state index in [1.54, 1.807) is 6.33 Å². The van der Waals surface area contributed by atoms with Crippen molar-refractivity contribution >= 4 is 23.2 Å². The number of halogens is 1. The molecule has 0 fully saturated rings. The van der Waals surface area contributed by atoms with Crippen LogP contribution in [-0.4, -0.2) is 14.8 Å². The Morgan fingerprint density at radius 3 is 2.48 bits per heavy atom. The zero-order valence-electron chi connectivity index (χ0n) is 16.8. The Morgan fingerprint density at radius 2 is 1.68 bits per heavy atom. The quantitative estimate of drug-likeness (QED) is 0.440. The van der Waals surface area contributed by atoms with Crippen LogP contribution in [-0.2, 0) is 0 Å². The van der Waals surface area contributed by atoms with Gasteiger partial charge in [-0.2, -0.15) is 10.1 Å². The van der Waals surface area contributed by atoms with Crippen LogP contribution in [0.25, 0.3) is 5.70 Å². The molecule has 6 heteroatoms. The Morgan fingerprint density at radius 1 is 0.935 bits per heavy atom. The first-order chi connectivity index (χ1) is 15.2. The summed E-state index contributed by atoms with van der Waals surface area (Å²) in [6, 6.07) is 24.4. The summed E-state index contributed by atoms with van der Waals surface area (Å²) in [6.07, 6.45) is 1.31. The van der Waals surface area contributed by atoms with Crippen LogP contribution in [0.5, 0.6) is 5.75 Å². The van der Waals surface area contributed by atoms with Crippen molar-refractivity contribution in [3.8, 4) is 5.75 Å². The molecule has 1 aromatic heterocycles. The van der Waals surface area contributed by atoms with E-state index in [1.807, 2.05) is 47.1 Å². The summed E-state index contributed by atoms with van der Waals surface area (Å²) >= 11 is 6.19. The fraction of sp³-hybridized carbons (Fsp3) is 0.120. The molecule has 3 aromatic carbocycles. The summed E-state index contributed by atoms with van der Waals surface area (Å²) in [4.78, 5) is 4.46. The molecule has 3 heterocycles. The van der Waals surface area contributed by atoms with E-state index in [0.717, 1.165) is 33.7 Å². The van der Waals surface area contributed by atoms with Crippen LogP contribution in [0.15, 0.2) is 84.7 Å². The predicted octanol–water partition coefficient (Wildman–Crippen LogP) is 5.80. The molecular formula is C25H19ClN4O. The van der Waals surface area contributed by atoms with E-state index in [0.29, 0.717) is 11.0 Å². The number of hydrogen-bond acceptors (Lipinski definition) is 4. The first-order valence-corrected chi connectivity index (χ1v) is 10.6.